The number of carbonyl (C=O) groups is 2. The van der Waals surface area contributed by atoms with Crippen LogP contribution in [0.2, 0.25) is 0 Å². The summed E-state index contributed by atoms with van der Waals surface area (Å²) in [6.07, 6.45) is 2.74. The van der Waals surface area contributed by atoms with Crippen molar-refractivity contribution in [1.82, 2.24) is 4.31 Å². The molecule has 1 N–H and O–H groups in total. The second-order valence-corrected chi connectivity index (χ2v) is 8.94. The van der Waals surface area contributed by atoms with E-state index in [4.69, 9.17) is 0 Å². The molecule has 1 fully saturated rings. The maximum atomic E-state index is 13.0. The van der Waals surface area contributed by atoms with Gasteiger partial charge in [0, 0.05) is 29.9 Å². The van der Waals surface area contributed by atoms with Crippen molar-refractivity contribution in [1.29, 1.82) is 0 Å². The van der Waals surface area contributed by atoms with Gasteiger partial charge >= 0.3 is 0 Å². The van der Waals surface area contributed by atoms with Crippen molar-refractivity contribution in [2.24, 2.45) is 0 Å². The Bertz CT molecular complexity index is 1010. The first-order valence-electron chi connectivity index (χ1n) is 9.32. The van der Waals surface area contributed by atoms with Crippen LogP contribution in [0.1, 0.15) is 52.5 Å². The summed E-state index contributed by atoms with van der Waals surface area (Å²) in [5.41, 5.74) is 1.85. The molecular weight excluding hydrogens is 376 g/mol. The Labute approximate surface area is 165 Å². The topological polar surface area (TPSA) is 83.5 Å². The fourth-order valence-electron chi connectivity index (χ4n) is 3.28. The summed E-state index contributed by atoms with van der Waals surface area (Å²) in [6, 6.07) is 11.3. The molecule has 2 aromatic rings. The van der Waals surface area contributed by atoms with Crippen molar-refractivity contribution in [3.63, 3.8) is 0 Å². The highest BCUT2D eigenvalue weighted by atomic mass is 32.2. The van der Waals surface area contributed by atoms with E-state index in [0.29, 0.717) is 29.9 Å². The molecule has 0 radical (unpaired) electrons. The second-order valence-electron chi connectivity index (χ2n) is 7.04. The maximum absolute atomic E-state index is 13.0. The molecule has 1 amide bonds. The Morgan fingerprint density at radius 3 is 2.36 bits per heavy atom. The zero-order valence-corrected chi connectivity index (χ0v) is 16.9. The van der Waals surface area contributed by atoms with E-state index in [1.54, 1.807) is 43.3 Å². The number of sulfonamides is 1. The number of ketones is 1. The Balaban J connectivity index is 1.87. The van der Waals surface area contributed by atoms with Gasteiger partial charge in [-0.25, -0.2) is 8.42 Å². The van der Waals surface area contributed by atoms with Gasteiger partial charge in [0.2, 0.25) is 10.0 Å². The molecule has 0 aliphatic carbocycles. The van der Waals surface area contributed by atoms with Gasteiger partial charge < -0.3 is 5.32 Å². The number of amides is 1. The summed E-state index contributed by atoms with van der Waals surface area (Å²) in [4.78, 5) is 24.3. The van der Waals surface area contributed by atoms with Crippen LogP contribution < -0.4 is 5.32 Å². The SMILES string of the molecule is CC(=O)c1cccc(NC(=O)c2ccc(C)c(S(=O)(=O)N3CCCCC3)c2)c1. The summed E-state index contributed by atoms with van der Waals surface area (Å²) in [5, 5.41) is 2.73. The number of benzene rings is 2. The number of piperidine rings is 1. The van der Waals surface area contributed by atoms with E-state index in [-0.39, 0.29) is 16.2 Å². The fourth-order valence-corrected chi connectivity index (χ4v) is 5.05. The van der Waals surface area contributed by atoms with E-state index in [0.717, 1.165) is 19.3 Å². The summed E-state index contributed by atoms with van der Waals surface area (Å²) in [6.45, 7) is 4.21. The largest absolute Gasteiger partial charge is 0.322 e. The number of hydrogen-bond acceptors (Lipinski definition) is 4. The number of hydrogen-bond donors (Lipinski definition) is 1. The Morgan fingerprint density at radius 1 is 0.964 bits per heavy atom. The van der Waals surface area contributed by atoms with Crippen LogP contribution in [0.3, 0.4) is 0 Å². The van der Waals surface area contributed by atoms with Crippen molar-refractivity contribution >= 4 is 27.4 Å². The molecule has 0 saturated carbocycles. The van der Waals surface area contributed by atoms with Crippen LogP contribution in [-0.2, 0) is 10.0 Å². The van der Waals surface area contributed by atoms with Gasteiger partial charge in [0.1, 0.15) is 0 Å². The van der Waals surface area contributed by atoms with Crippen LogP contribution in [0, 0.1) is 6.92 Å². The first kappa shape index (κ1) is 20.2. The van der Waals surface area contributed by atoms with E-state index in [9.17, 15) is 18.0 Å². The lowest BCUT2D eigenvalue weighted by atomic mass is 10.1. The molecule has 1 heterocycles. The lowest BCUT2D eigenvalue weighted by molar-refractivity contribution is 0.101. The highest BCUT2D eigenvalue weighted by Crippen LogP contribution is 2.25. The molecule has 7 heteroatoms. The van der Waals surface area contributed by atoms with Crippen molar-refractivity contribution in [3.8, 4) is 0 Å². The van der Waals surface area contributed by atoms with Gasteiger partial charge in [0.25, 0.3) is 5.91 Å². The number of Topliss-reactive ketones (excluding diaryl/α,β-unsaturated/α-hetero) is 1. The van der Waals surface area contributed by atoms with Gasteiger partial charge in [-0.3, -0.25) is 9.59 Å². The molecule has 0 unspecified atom stereocenters. The van der Waals surface area contributed by atoms with E-state index < -0.39 is 15.9 Å². The van der Waals surface area contributed by atoms with Crippen molar-refractivity contribution in [3.05, 3.63) is 59.2 Å². The molecule has 0 atom stereocenters. The van der Waals surface area contributed by atoms with E-state index in [1.165, 1.54) is 17.3 Å². The molecule has 1 aliphatic heterocycles. The van der Waals surface area contributed by atoms with Crippen LogP contribution in [0.15, 0.2) is 47.4 Å². The first-order chi connectivity index (χ1) is 13.3. The van der Waals surface area contributed by atoms with Crippen LogP contribution >= 0.6 is 0 Å². The quantitative estimate of drug-likeness (QED) is 0.777. The molecular formula is C21H24N2O4S. The number of nitrogens with one attached hydrogen (secondary N) is 1. The van der Waals surface area contributed by atoms with Crippen molar-refractivity contribution in [2.75, 3.05) is 18.4 Å². The average Bonchev–Trinajstić information content (AvgIpc) is 2.69. The smallest absolute Gasteiger partial charge is 0.255 e. The summed E-state index contributed by atoms with van der Waals surface area (Å²) in [7, 11) is -3.63. The summed E-state index contributed by atoms with van der Waals surface area (Å²) >= 11 is 0. The zero-order valence-electron chi connectivity index (χ0n) is 16.1. The van der Waals surface area contributed by atoms with Gasteiger partial charge in [-0.05, 0) is 56.5 Å². The summed E-state index contributed by atoms with van der Waals surface area (Å²) in [5.74, 6) is -0.517. The normalized spacial score (nSPS) is 15.2. The van der Waals surface area contributed by atoms with Gasteiger partial charge in [0.15, 0.2) is 5.78 Å². The number of carbonyl (C=O) groups excluding carboxylic acids is 2. The molecule has 2 aromatic carbocycles. The van der Waals surface area contributed by atoms with Crippen LogP contribution in [-0.4, -0.2) is 37.5 Å². The Hall–Kier alpha value is -2.51. The second kappa shape index (κ2) is 8.24. The van der Waals surface area contributed by atoms with Crippen LogP contribution in [0.4, 0.5) is 5.69 Å². The molecule has 0 spiro atoms. The maximum Gasteiger partial charge on any atom is 0.255 e. The molecule has 1 aliphatic rings. The standard InChI is InChI=1S/C21H24N2O4S/c1-15-9-10-18(14-20(15)28(26,27)23-11-4-3-5-12-23)21(25)22-19-8-6-7-17(13-19)16(2)24/h6-10,13-14H,3-5,11-12H2,1-2H3,(H,22,25). The molecule has 3 rings (SSSR count). The van der Waals surface area contributed by atoms with Crippen molar-refractivity contribution < 1.29 is 18.0 Å². The average molecular weight is 401 g/mol. The summed E-state index contributed by atoms with van der Waals surface area (Å²) < 4.78 is 27.5. The molecule has 6 nitrogen and oxygen atoms in total. The van der Waals surface area contributed by atoms with Crippen LogP contribution in [0.25, 0.3) is 0 Å². The van der Waals surface area contributed by atoms with E-state index in [2.05, 4.69) is 5.32 Å². The van der Waals surface area contributed by atoms with E-state index in [1.807, 2.05) is 0 Å². The molecule has 0 bridgehead atoms. The van der Waals surface area contributed by atoms with E-state index >= 15 is 0 Å². The van der Waals surface area contributed by atoms with Crippen molar-refractivity contribution in [2.45, 2.75) is 38.0 Å². The predicted molar refractivity (Wildman–Crippen MR) is 108 cm³/mol. The third-order valence-corrected chi connectivity index (χ3v) is 6.95. The Kier molecular flexibility index (Phi) is 5.96. The Morgan fingerprint density at radius 2 is 1.68 bits per heavy atom. The molecule has 0 aromatic heterocycles. The number of anilines is 1. The third-order valence-electron chi connectivity index (χ3n) is 4.91. The lowest BCUT2D eigenvalue weighted by Crippen LogP contribution is -2.36. The zero-order chi connectivity index (χ0) is 20.3. The number of aryl methyl sites for hydroxylation is 1. The van der Waals surface area contributed by atoms with Gasteiger partial charge in [-0.2, -0.15) is 4.31 Å². The highest BCUT2D eigenvalue weighted by Gasteiger charge is 2.28. The number of nitrogens with zero attached hydrogens (tertiary/aromatic N) is 1. The molecule has 148 valence electrons. The van der Waals surface area contributed by atoms with Crippen LogP contribution in [0.5, 0.6) is 0 Å². The lowest BCUT2D eigenvalue weighted by Gasteiger charge is -2.26. The number of rotatable bonds is 5. The molecule has 28 heavy (non-hydrogen) atoms. The minimum Gasteiger partial charge on any atom is -0.322 e. The van der Waals surface area contributed by atoms with Gasteiger partial charge in [-0.1, -0.05) is 24.6 Å². The predicted octanol–water partition coefficient (Wildman–Crippen LogP) is 3.62. The minimum absolute atomic E-state index is 0.0960. The van der Waals surface area contributed by atoms with Gasteiger partial charge in [0.05, 0.1) is 4.90 Å². The molecule has 1 saturated heterocycles. The highest BCUT2D eigenvalue weighted by molar-refractivity contribution is 7.89. The minimum atomic E-state index is -3.63. The first-order valence-corrected chi connectivity index (χ1v) is 10.8. The van der Waals surface area contributed by atoms with Gasteiger partial charge in [-0.15, -0.1) is 0 Å². The fraction of sp³-hybridized carbons (Fsp3) is 0.333. The third kappa shape index (κ3) is 4.31. The monoisotopic (exact) mass is 400 g/mol.